The lowest BCUT2D eigenvalue weighted by atomic mass is 10.1. The van der Waals surface area contributed by atoms with Gasteiger partial charge in [0.05, 0.1) is 12.8 Å². The van der Waals surface area contributed by atoms with Crippen molar-refractivity contribution in [3.05, 3.63) is 23.8 Å². The van der Waals surface area contributed by atoms with Gasteiger partial charge in [0.1, 0.15) is 11.8 Å². The maximum absolute atomic E-state index is 11.3. The van der Waals surface area contributed by atoms with Crippen LogP contribution in [0.4, 0.5) is 5.69 Å². The molecule has 1 aromatic rings. The topological polar surface area (TPSA) is 49.8 Å². The number of benzene rings is 1. The van der Waals surface area contributed by atoms with E-state index < -0.39 is 12.0 Å². The van der Waals surface area contributed by atoms with E-state index in [4.69, 9.17) is 4.74 Å². The molecule has 0 bridgehead atoms. The Labute approximate surface area is 101 Å². The molecule has 1 atom stereocenters. The van der Waals surface area contributed by atoms with Crippen molar-refractivity contribution >= 4 is 11.7 Å². The largest absolute Gasteiger partial charge is 0.495 e. The number of para-hydroxylation sites is 1. The highest BCUT2D eigenvalue weighted by Gasteiger charge is 2.37. The van der Waals surface area contributed by atoms with Gasteiger partial charge in [0.2, 0.25) is 0 Å². The molecular weight excluding hydrogens is 218 g/mol. The lowest BCUT2D eigenvalue weighted by Crippen LogP contribution is -2.43. The minimum Gasteiger partial charge on any atom is -0.495 e. The number of fused-ring (bicyclic) bond motifs is 1. The Kier molecular flexibility index (Phi) is 2.96. The van der Waals surface area contributed by atoms with Crippen molar-refractivity contribution in [1.82, 2.24) is 0 Å². The Morgan fingerprint density at radius 1 is 1.53 bits per heavy atom. The molecule has 1 N–H and O–H groups in total. The molecule has 0 fully saturated rings. The smallest absolute Gasteiger partial charge is 0.326 e. The average Bonchev–Trinajstić information content (AvgIpc) is 2.67. The van der Waals surface area contributed by atoms with Crippen LogP contribution in [0.3, 0.4) is 0 Å². The minimum atomic E-state index is -0.781. The monoisotopic (exact) mass is 235 g/mol. The van der Waals surface area contributed by atoms with E-state index >= 15 is 0 Å². The summed E-state index contributed by atoms with van der Waals surface area (Å²) in [4.78, 5) is 13.2. The maximum atomic E-state index is 11.3. The second kappa shape index (κ2) is 4.28. The maximum Gasteiger partial charge on any atom is 0.326 e. The Morgan fingerprint density at radius 2 is 2.24 bits per heavy atom. The van der Waals surface area contributed by atoms with E-state index in [1.54, 1.807) is 7.11 Å². The second-order valence-corrected chi connectivity index (χ2v) is 4.53. The van der Waals surface area contributed by atoms with Crippen LogP contribution in [0.15, 0.2) is 18.2 Å². The number of hydrogen-bond donors (Lipinski definition) is 1. The van der Waals surface area contributed by atoms with Crippen molar-refractivity contribution in [1.29, 1.82) is 0 Å². The summed E-state index contributed by atoms with van der Waals surface area (Å²) in [7, 11) is 1.61. The van der Waals surface area contributed by atoms with Gasteiger partial charge in [-0.3, -0.25) is 0 Å². The van der Waals surface area contributed by atoms with Crippen LogP contribution >= 0.6 is 0 Å². The van der Waals surface area contributed by atoms with Gasteiger partial charge in [0, 0.05) is 12.5 Å². The lowest BCUT2D eigenvalue weighted by molar-refractivity contribution is -0.138. The van der Waals surface area contributed by atoms with Crippen LogP contribution in [-0.2, 0) is 11.2 Å². The van der Waals surface area contributed by atoms with Gasteiger partial charge in [-0.05, 0) is 25.5 Å². The highest BCUT2D eigenvalue weighted by atomic mass is 16.5. The van der Waals surface area contributed by atoms with Gasteiger partial charge < -0.3 is 14.7 Å². The van der Waals surface area contributed by atoms with Crippen LogP contribution in [0, 0.1) is 0 Å². The Morgan fingerprint density at radius 3 is 2.76 bits per heavy atom. The number of methoxy groups -OCH3 is 1. The summed E-state index contributed by atoms with van der Waals surface area (Å²) < 4.78 is 5.33. The predicted molar refractivity (Wildman–Crippen MR) is 65.7 cm³/mol. The fourth-order valence-electron chi connectivity index (χ4n) is 2.48. The summed E-state index contributed by atoms with van der Waals surface area (Å²) in [6, 6.07) is 5.39. The number of rotatable bonds is 3. The van der Waals surface area contributed by atoms with Crippen LogP contribution in [0.1, 0.15) is 19.4 Å². The van der Waals surface area contributed by atoms with Gasteiger partial charge >= 0.3 is 5.97 Å². The molecule has 0 spiro atoms. The SMILES string of the molecule is COc1cccc2c1N(C(C)C)C(C(=O)O)C2. The molecule has 17 heavy (non-hydrogen) atoms. The van der Waals surface area contributed by atoms with E-state index in [9.17, 15) is 9.90 Å². The van der Waals surface area contributed by atoms with Crippen molar-refractivity contribution in [3.8, 4) is 5.75 Å². The number of anilines is 1. The first kappa shape index (κ1) is 11.8. The molecule has 4 heteroatoms. The first-order valence-corrected chi connectivity index (χ1v) is 5.73. The molecule has 0 radical (unpaired) electrons. The zero-order valence-electron chi connectivity index (χ0n) is 10.3. The summed E-state index contributed by atoms with van der Waals surface area (Å²) in [6.07, 6.45) is 0.542. The third-order valence-electron chi connectivity index (χ3n) is 3.15. The molecule has 1 aliphatic heterocycles. The van der Waals surface area contributed by atoms with Crippen molar-refractivity contribution in [2.75, 3.05) is 12.0 Å². The first-order chi connectivity index (χ1) is 8.06. The Hall–Kier alpha value is -1.71. The van der Waals surface area contributed by atoms with Gasteiger partial charge in [-0.1, -0.05) is 12.1 Å². The molecule has 0 aromatic heterocycles. The van der Waals surface area contributed by atoms with E-state index in [2.05, 4.69) is 0 Å². The molecule has 1 aromatic carbocycles. The lowest BCUT2D eigenvalue weighted by Gasteiger charge is -2.29. The molecular formula is C13H17NO3. The molecule has 0 amide bonds. The van der Waals surface area contributed by atoms with Crippen molar-refractivity contribution in [2.24, 2.45) is 0 Å². The average molecular weight is 235 g/mol. The van der Waals surface area contributed by atoms with Crippen molar-refractivity contribution in [2.45, 2.75) is 32.4 Å². The Bertz CT molecular complexity index is 442. The molecule has 0 aliphatic carbocycles. The standard InChI is InChI=1S/C13H17NO3/c1-8(2)14-10(13(15)16)7-9-5-4-6-11(17-3)12(9)14/h4-6,8,10H,7H2,1-3H3,(H,15,16). The third-order valence-corrected chi connectivity index (χ3v) is 3.15. The molecule has 92 valence electrons. The van der Waals surface area contributed by atoms with Gasteiger partial charge in [-0.2, -0.15) is 0 Å². The van der Waals surface area contributed by atoms with Crippen molar-refractivity contribution in [3.63, 3.8) is 0 Å². The van der Waals surface area contributed by atoms with E-state index in [-0.39, 0.29) is 6.04 Å². The summed E-state index contributed by atoms with van der Waals surface area (Å²) in [5.74, 6) is -0.0306. The number of hydrogen-bond acceptors (Lipinski definition) is 3. The molecule has 0 saturated carbocycles. The van der Waals surface area contributed by atoms with E-state index in [0.29, 0.717) is 6.42 Å². The number of aliphatic carboxylic acids is 1. The predicted octanol–water partition coefficient (Wildman–Crippen LogP) is 1.92. The minimum absolute atomic E-state index is 0.133. The molecule has 1 unspecified atom stereocenters. The number of carbonyl (C=O) groups is 1. The first-order valence-electron chi connectivity index (χ1n) is 5.73. The highest BCUT2D eigenvalue weighted by Crippen LogP contribution is 2.41. The van der Waals surface area contributed by atoms with Crippen molar-refractivity contribution < 1.29 is 14.6 Å². The zero-order valence-corrected chi connectivity index (χ0v) is 10.3. The van der Waals surface area contributed by atoms with E-state index in [1.807, 2.05) is 36.9 Å². The van der Waals surface area contributed by atoms with Gasteiger partial charge in [-0.15, -0.1) is 0 Å². The van der Waals surface area contributed by atoms with Gasteiger partial charge in [0.15, 0.2) is 0 Å². The number of ether oxygens (including phenoxy) is 1. The van der Waals surface area contributed by atoms with E-state index in [0.717, 1.165) is 17.0 Å². The molecule has 2 rings (SSSR count). The zero-order chi connectivity index (χ0) is 12.6. The summed E-state index contributed by atoms with van der Waals surface area (Å²) >= 11 is 0. The summed E-state index contributed by atoms with van der Waals surface area (Å²) in [6.45, 7) is 4.00. The number of carboxylic acids is 1. The molecule has 1 aliphatic rings. The van der Waals surface area contributed by atoms with Crippen LogP contribution in [-0.4, -0.2) is 30.3 Å². The summed E-state index contributed by atoms with van der Waals surface area (Å²) in [5, 5.41) is 9.29. The van der Waals surface area contributed by atoms with Crippen LogP contribution < -0.4 is 9.64 Å². The van der Waals surface area contributed by atoms with Gasteiger partial charge in [0.25, 0.3) is 0 Å². The third kappa shape index (κ3) is 1.84. The summed E-state index contributed by atoms with van der Waals surface area (Å²) in [5.41, 5.74) is 1.97. The normalized spacial score (nSPS) is 18.4. The van der Waals surface area contributed by atoms with Crippen LogP contribution in [0.5, 0.6) is 5.75 Å². The number of carboxylic acid groups (broad SMARTS) is 1. The Balaban J connectivity index is 2.51. The van der Waals surface area contributed by atoms with Crippen LogP contribution in [0.2, 0.25) is 0 Å². The fraction of sp³-hybridized carbons (Fsp3) is 0.462. The van der Waals surface area contributed by atoms with E-state index in [1.165, 1.54) is 0 Å². The highest BCUT2D eigenvalue weighted by molar-refractivity contribution is 5.84. The van der Waals surface area contributed by atoms with Crippen LogP contribution in [0.25, 0.3) is 0 Å². The quantitative estimate of drug-likeness (QED) is 0.869. The number of nitrogens with zero attached hydrogens (tertiary/aromatic N) is 1. The second-order valence-electron chi connectivity index (χ2n) is 4.53. The molecule has 4 nitrogen and oxygen atoms in total. The molecule has 0 saturated heterocycles. The fourth-order valence-corrected chi connectivity index (χ4v) is 2.48. The van der Waals surface area contributed by atoms with Gasteiger partial charge in [-0.25, -0.2) is 4.79 Å². The molecule has 1 heterocycles.